The number of fused-ring (bicyclic) bond motifs is 2. The molecule has 11 heteroatoms. The molecule has 1 aromatic carbocycles. The van der Waals surface area contributed by atoms with Gasteiger partial charge >= 0.3 is 0 Å². The van der Waals surface area contributed by atoms with Crippen molar-refractivity contribution in [3.05, 3.63) is 35.1 Å². The molecule has 1 saturated heterocycles. The van der Waals surface area contributed by atoms with Crippen LogP contribution in [0.25, 0.3) is 4.96 Å². The van der Waals surface area contributed by atoms with Crippen molar-refractivity contribution in [1.29, 1.82) is 0 Å². The normalized spacial score (nSPS) is 21.2. The minimum atomic E-state index is -3.15. The molecule has 0 bridgehead atoms. The average molecular weight is 422 g/mol. The van der Waals surface area contributed by atoms with E-state index >= 15 is 0 Å². The predicted octanol–water partition coefficient (Wildman–Crippen LogP) is 1.84. The van der Waals surface area contributed by atoms with Crippen LogP contribution in [0.3, 0.4) is 0 Å². The lowest BCUT2D eigenvalue weighted by Gasteiger charge is -2.28. The number of benzene rings is 1. The van der Waals surface area contributed by atoms with Crippen LogP contribution >= 0.6 is 11.3 Å². The molecule has 0 aliphatic carbocycles. The maximum atomic E-state index is 11.7. The third-order valence-corrected chi connectivity index (χ3v) is 7.40. The van der Waals surface area contributed by atoms with Gasteiger partial charge in [-0.15, -0.1) is 10.2 Å². The molecule has 2 aliphatic heterocycles. The number of rotatable bonds is 3. The van der Waals surface area contributed by atoms with Crippen molar-refractivity contribution in [3.8, 4) is 11.5 Å². The summed E-state index contributed by atoms with van der Waals surface area (Å²) in [6.07, 6.45) is 2.37. The van der Waals surface area contributed by atoms with Gasteiger partial charge in [-0.25, -0.2) is 12.7 Å². The van der Waals surface area contributed by atoms with Crippen LogP contribution in [0.4, 0.5) is 0 Å². The second-order valence-electron chi connectivity index (χ2n) is 6.99. The van der Waals surface area contributed by atoms with E-state index in [-0.39, 0.29) is 12.0 Å². The predicted molar refractivity (Wildman–Crippen MR) is 102 cm³/mol. The van der Waals surface area contributed by atoms with Gasteiger partial charge in [-0.2, -0.15) is 9.61 Å². The first-order valence-corrected chi connectivity index (χ1v) is 11.7. The van der Waals surface area contributed by atoms with E-state index in [1.807, 2.05) is 24.3 Å². The molecule has 28 heavy (non-hydrogen) atoms. The summed E-state index contributed by atoms with van der Waals surface area (Å²) < 4.78 is 38.5. The van der Waals surface area contributed by atoms with Gasteiger partial charge in [0.15, 0.2) is 28.4 Å². The Morgan fingerprint density at radius 1 is 1.14 bits per heavy atom. The average Bonchev–Trinajstić information content (AvgIpc) is 3.28. The van der Waals surface area contributed by atoms with E-state index in [2.05, 4.69) is 15.3 Å². The smallest absolute Gasteiger partial charge is 0.234 e. The molecule has 0 spiro atoms. The maximum Gasteiger partial charge on any atom is 0.234 e. The summed E-state index contributed by atoms with van der Waals surface area (Å²) >= 11 is 1.44. The fraction of sp³-hybridized carbons (Fsp3) is 0.471. The summed E-state index contributed by atoms with van der Waals surface area (Å²) in [6.45, 7) is 1.38. The molecule has 148 valence electrons. The number of ether oxygens (including phenoxy) is 2. The summed E-state index contributed by atoms with van der Waals surface area (Å²) in [5.74, 6) is 2.35. The minimum Gasteiger partial charge on any atom is -0.485 e. The SMILES string of the molecule is CS(=O)(=O)N1CCC(c2nnc3sc(C4COc5ccccc5O4)nn23)CC1. The highest BCUT2D eigenvalue weighted by molar-refractivity contribution is 7.88. The van der Waals surface area contributed by atoms with Gasteiger partial charge in [0.05, 0.1) is 6.26 Å². The van der Waals surface area contributed by atoms with Gasteiger partial charge in [0.1, 0.15) is 6.61 Å². The standard InChI is InChI=1S/C17H19N5O4S2/c1-28(23,24)21-8-6-11(7-9-21)15-18-19-17-22(15)20-16(27-17)14-10-25-12-4-2-3-5-13(12)26-14/h2-5,11,14H,6-10H2,1H3. The molecule has 2 aliphatic rings. The Labute approximate surface area is 165 Å². The third-order valence-electron chi connectivity index (χ3n) is 5.10. The van der Waals surface area contributed by atoms with Gasteiger partial charge in [0.2, 0.25) is 15.0 Å². The molecule has 3 aromatic rings. The molecule has 2 aromatic heterocycles. The lowest BCUT2D eigenvalue weighted by atomic mass is 9.97. The highest BCUT2D eigenvalue weighted by Gasteiger charge is 2.31. The first-order chi connectivity index (χ1) is 13.5. The van der Waals surface area contributed by atoms with Crippen molar-refractivity contribution in [2.75, 3.05) is 26.0 Å². The number of aromatic nitrogens is 4. The lowest BCUT2D eigenvalue weighted by molar-refractivity contribution is 0.0904. The summed E-state index contributed by atoms with van der Waals surface area (Å²) in [5.41, 5.74) is 0. The number of piperidine rings is 1. The molecule has 9 nitrogen and oxygen atoms in total. The second kappa shape index (κ2) is 6.68. The molecule has 1 atom stereocenters. The molecule has 0 amide bonds. The van der Waals surface area contributed by atoms with Gasteiger partial charge < -0.3 is 9.47 Å². The molecule has 5 rings (SSSR count). The van der Waals surface area contributed by atoms with Gasteiger partial charge in [-0.05, 0) is 25.0 Å². The Morgan fingerprint density at radius 2 is 1.89 bits per heavy atom. The number of hydrogen-bond acceptors (Lipinski definition) is 8. The zero-order valence-electron chi connectivity index (χ0n) is 15.2. The third kappa shape index (κ3) is 3.12. The van der Waals surface area contributed by atoms with Crippen molar-refractivity contribution in [2.45, 2.75) is 24.9 Å². The van der Waals surface area contributed by atoms with E-state index in [4.69, 9.17) is 9.47 Å². The van der Waals surface area contributed by atoms with Crippen LogP contribution in [0.15, 0.2) is 24.3 Å². The van der Waals surface area contributed by atoms with E-state index in [1.165, 1.54) is 21.9 Å². The highest BCUT2D eigenvalue weighted by atomic mass is 32.2. The summed E-state index contributed by atoms with van der Waals surface area (Å²) in [7, 11) is -3.15. The fourth-order valence-corrected chi connectivity index (χ4v) is 5.35. The Hall–Kier alpha value is -2.24. The van der Waals surface area contributed by atoms with E-state index in [1.54, 1.807) is 4.52 Å². The van der Waals surface area contributed by atoms with Crippen LogP contribution in [-0.4, -0.2) is 58.5 Å². The van der Waals surface area contributed by atoms with Gasteiger partial charge in [0.25, 0.3) is 0 Å². The zero-order valence-corrected chi connectivity index (χ0v) is 16.8. The first kappa shape index (κ1) is 17.8. The van der Waals surface area contributed by atoms with Crippen molar-refractivity contribution >= 4 is 26.3 Å². The van der Waals surface area contributed by atoms with Crippen LogP contribution in [0.2, 0.25) is 0 Å². The van der Waals surface area contributed by atoms with Crippen LogP contribution in [0.5, 0.6) is 11.5 Å². The van der Waals surface area contributed by atoms with E-state index < -0.39 is 10.0 Å². The van der Waals surface area contributed by atoms with E-state index in [0.29, 0.717) is 43.2 Å². The van der Waals surface area contributed by atoms with Crippen molar-refractivity contribution in [1.82, 2.24) is 24.1 Å². The van der Waals surface area contributed by atoms with Crippen molar-refractivity contribution in [3.63, 3.8) is 0 Å². The highest BCUT2D eigenvalue weighted by Crippen LogP contribution is 2.37. The van der Waals surface area contributed by atoms with Crippen molar-refractivity contribution in [2.24, 2.45) is 0 Å². The summed E-state index contributed by atoms with van der Waals surface area (Å²) in [5, 5.41) is 14.0. The molecule has 0 saturated carbocycles. The Morgan fingerprint density at radius 3 is 2.64 bits per heavy atom. The molecule has 1 unspecified atom stereocenters. The molecule has 4 heterocycles. The largest absolute Gasteiger partial charge is 0.485 e. The zero-order chi connectivity index (χ0) is 19.3. The van der Waals surface area contributed by atoms with Gasteiger partial charge in [-0.1, -0.05) is 23.5 Å². The van der Waals surface area contributed by atoms with Crippen LogP contribution in [0.1, 0.15) is 35.7 Å². The monoisotopic (exact) mass is 421 g/mol. The second-order valence-corrected chi connectivity index (χ2v) is 9.96. The Kier molecular flexibility index (Phi) is 4.25. The Balaban J connectivity index is 1.37. The number of sulfonamides is 1. The van der Waals surface area contributed by atoms with Crippen LogP contribution in [0, 0.1) is 0 Å². The quantitative estimate of drug-likeness (QED) is 0.636. The number of para-hydroxylation sites is 2. The first-order valence-electron chi connectivity index (χ1n) is 9.04. The van der Waals surface area contributed by atoms with E-state index in [0.717, 1.165) is 16.6 Å². The maximum absolute atomic E-state index is 11.7. The number of nitrogens with zero attached hydrogens (tertiary/aromatic N) is 5. The minimum absolute atomic E-state index is 0.132. The van der Waals surface area contributed by atoms with Gasteiger partial charge in [0, 0.05) is 19.0 Å². The lowest BCUT2D eigenvalue weighted by Crippen LogP contribution is -2.37. The molecule has 0 radical (unpaired) electrons. The molecular weight excluding hydrogens is 402 g/mol. The molecule has 1 fully saturated rings. The topological polar surface area (TPSA) is 98.9 Å². The summed E-state index contributed by atoms with van der Waals surface area (Å²) in [4.78, 5) is 0.706. The van der Waals surface area contributed by atoms with Gasteiger partial charge in [-0.3, -0.25) is 0 Å². The van der Waals surface area contributed by atoms with Crippen molar-refractivity contribution < 1.29 is 17.9 Å². The van der Waals surface area contributed by atoms with E-state index in [9.17, 15) is 8.42 Å². The number of hydrogen-bond donors (Lipinski definition) is 0. The van der Waals surface area contributed by atoms with Crippen LogP contribution < -0.4 is 9.47 Å². The molecular formula is C17H19N5O4S2. The Bertz CT molecular complexity index is 1120. The van der Waals surface area contributed by atoms with Crippen LogP contribution in [-0.2, 0) is 10.0 Å². The fourth-order valence-electron chi connectivity index (χ4n) is 3.62. The summed E-state index contributed by atoms with van der Waals surface area (Å²) in [6, 6.07) is 7.57. The molecule has 0 N–H and O–H groups in total.